The minimum absolute atomic E-state index is 0.109. The zero-order chi connectivity index (χ0) is 20.8. The number of hydrogen-bond acceptors (Lipinski definition) is 5. The summed E-state index contributed by atoms with van der Waals surface area (Å²) < 4.78 is 36.5. The fourth-order valence-corrected chi connectivity index (χ4v) is 5.41. The van der Waals surface area contributed by atoms with Crippen LogP contribution in [0.25, 0.3) is 11.6 Å². The smallest absolute Gasteiger partial charge is 0.264 e. The predicted octanol–water partition coefficient (Wildman–Crippen LogP) is 4.09. The van der Waals surface area contributed by atoms with Crippen molar-refractivity contribution in [2.24, 2.45) is 7.05 Å². The summed E-state index contributed by atoms with van der Waals surface area (Å²) in [6.45, 7) is 3.64. The number of aromatic nitrogens is 3. The molecule has 3 aromatic rings. The third-order valence-corrected chi connectivity index (χ3v) is 7.67. The van der Waals surface area contributed by atoms with Crippen molar-refractivity contribution >= 4 is 21.6 Å². The van der Waals surface area contributed by atoms with Gasteiger partial charge in [0.15, 0.2) is 0 Å². The molecular weight excluding hydrogens is 412 g/mol. The molecule has 2 heterocycles. The Morgan fingerprint density at radius 3 is 2.62 bits per heavy atom. The molecule has 0 saturated heterocycles. The molecule has 2 aromatic heterocycles. The highest BCUT2D eigenvalue weighted by Crippen LogP contribution is 2.38. The largest absolute Gasteiger partial charge is 0.419 e. The first-order chi connectivity index (χ1) is 13.8. The van der Waals surface area contributed by atoms with Gasteiger partial charge in [-0.05, 0) is 38.3 Å². The van der Waals surface area contributed by atoms with Crippen molar-refractivity contribution in [2.75, 3.05) is 0 Å². The molecule has 0 aliphatic heterocycles. The van der Waals surface area contributed by atoms with Crippen LogP contribution in [0.3, 0.4) is 0 Å². The minimum Gasteiger partial charge on any atom is -0.419 e. The first-order valence-corrected chi connectivity index (χ1v) is 11.4. The van der Waals surface area contributed by atoms with Crippen molar-refractivity contribution in [1.29, 1.82) is 0 Å². The number of rotatable bonds is 6. The maximum absolute atomic E-state index is 13.1. The van der Waals surface area contributed by atoms with E-state index in [4.69, 9.17) is 16.0 Å². The molecule has 0 atom stereocenters. The Hall–Kier alpha value is -2.16. The summed E-state index contributed by atoms with van der Waals surface area (Å²) >= 11 is 6.15. The van der Waals surface area contributed by atoms with Crippen LogP contribution < -0.4 is 4.72 Å². The van der Waals surface area contributed by atoms with Gasteiger partial charge < -0.3 is 8.98 Å². The van der Waals surface area contributed by atoms with Crippen LogP contribution in [0.5, 0.6) is 0 Å². The molecule has 4 rings (SSSR count). The van der Waals surface area contributed by atoms with Gasteiger partial charge in [-0.3, -0.25) is 0 Å². The fourth-order valence-electron chi connectivity index (χ4n) is 3.69. The van der Waals surface area contributed by atoms with Crippen LogP contribution in [0.2, 0.25) is 5.02 Å². The van der Waals surface area contributed by atoms with Crippen molar-refractivity contribution in [1.82, 2.24) is 19.5 Å². The number of nitrogens with zero attached hydrogens (tertiary/aromatic N) is 3. The van der Waals surface area contributed by atoms with E-state index in [-0.39, 0.29) is 11.4 Å². The SMILES string of the molecule is Cc1c(S(=O)(=O)NCc2ccccc2Cl)c(C)n(C)c1-c1nnc(C2CCC2)o1. The average Bonchev–Trinajstić information content (AvgIpc) is 3.16. The van der Waals surface area contributed by atoms with E-state index in [1.165, 1.54) is 6.42 Å². The van der Waals surface area contributed by atoms with Gasteiger partial charge in [-0.25, -0.2) is 13.1 Å². The molecule has 7 nitrogen and oxygen atoms in total. The lowest BCUT2D eigenvalue weighted by atomic mass is 9.85. The van der Waals surface area contributed by atoms with Crippen LogP contribution in [-0.2, 0) is 23.6 Å². The first-order valence-electron chi connectivity index (χ1n) is 9.52. The van der Waals surface area contributed by atoms with Crippen molar-refractivity contribution in [2.45, 2.75) is 50.5 Å². The molecule has 0 spiro atoms. The fraction of sp³-hybridized carbons (Fsp3) is 0.400. The summed E-state index contributed by atoms with van der Waals surface area (Å²) in [6, 6.07) is 7.15. The zero-order valence-corrected chi connectivity index (χ0v) is 18.1. The lowest BCUT2D eigenvalue weighted by Gasteiger charge is -2.20. The van der Waals surface area contributed by atoms with E-state index in [9.17, 15) is 8.42 Å². The Morgan fingerprint density at radius 1 is 1.24 bits per heavy atom. The van der Waals surface area contributed by atoms with Gasteiger partial charge in [-0.1, -0.05) is 36.2 Å². The van der Waals surface area contributed by atoms with E-state index in [2.05, 4.69) is 14.9 Å². The standard InChI is InChI=1S/C20H23ClN4O3S/c1-12-17(20-24-23-19(28-20)14-8-6-9-14)25(3)13(2)18(12)29(26,27)22-11-15-7-4-5-10-16(15)21/h4-5,7,10,14,22H,6,8-9,11H2,1-3H3. The molecule has 1 saturated carbocycles. The van der Waals surface area contributed by atoms with Gasteiger partial charge in [0.05, 0.1) is 0 Å². The molecule has 9 heteroatoms. The van der Waals surface area contributed by atoms with E-state index in [1.54, 1.807) is 43.7 Å². The molecule has 0 unspecified atom stereocenters. The number of hydrogen-bond donors (Lipinski definition) is 1. The summed E-state index contributed by atoms with van der Waals surface area (Å²) in [6.07, 6.45) is 3.28. The molecule has 1 aliphatic carbocycles. The Kier molecular flexibility index (Phi) is 5.27. The Balaban J connectivity index is 1.66. The van der Waals surface area contributed by atoms with Crippen LogP contribution in [0.1, 0.15) is 47.9 Å². The number of nitrogens with one attached hydrogen (secondary N) is 1. The average molecular weight is 435 g/mol. The predicted molar refractivity (Wildman–Crippen MR) is 110 cm³/mol. The van der Waals surface area contributed by atoms with Gasteiger partial charge in [0.2, 0.25) is 15.9 Å². The van der Waals surface area contributed by atoms with Crippen molar-refractivity contribution in [3.63, 3.8) is 0 Å². The first kappa shape index (κ1) is 20.1. The second-order valence-corrected chi connectivity index (χ2v) is 9.55. The van der Waals surface area contributed by atoms with E-state index >= 15 is 0 Å². The number of sulfonamides is 1. The third kappa shape index (κ3) is 3.60. The Morgan fingerprint density at radius 2 is 1.97 bits per heavy atom. The van der Waals surface area contributed by atoms with Crippen molar-refractivity contribution in [3.8, 4) is 11.6 Å². The summed E-state index contributed by atoms with van der Waals surface area (Å²) in [5, 5.41) is 8.88. The van der Waals surface area contributed by atoms with Crippen molar-refractivity contribution < 1.29 is 12.8 Å². The van der Waals surface area contributed by atoms with Gasteiger partial charge in [-0.2, -0.15) is 0 Å². The normalized spacial score (nSPS) is 14.9. The van der Waals surface area contributed by atoms with Crippen LogP contribution in [0.4, 0.5) is 0 Å². The van der Waals surface area contributed by atoms with Gasteiger partial charge >= 0.3 is 0 Å². The highest BCUT2D eigenvalue weighted by atomic mass is 35.5. The number of benzene rings is 1. The molecule has 29 heavy (non-hydrogen) atoms. The molecule has 154 valence electrons. The van der Waals surface area contributed by atoms with Gasteiger partial charge in [0.1, 0.15) is 10.6 Å². The van der Waals surface area contributed by atoms with Gasteiger partial charge in [0.25, 0.3) is 5.89 Å². The summed E-state index contributed by atoms with van der Waals surface area (Å²) in [7, 11) is -1.97. The van der Waals surface area contributed by atoms with Gasteiger partial charge in [0, 0.05) is 35.8 Å². The summed E-state index contributed by atoms with van der Waals surface area (Å²) in [4.78, 5) is 0.227. The molecular formula is C20H23ClN4O3S. The monoisotopic (exact) mass is 434 g/mol. The molecule has 0 radical (unpaired) electrons. The highest BCUT2D eigenvalue weighted by molar-refractivity contribution is 7.89. The Bertz CT molecular complexity index is 1160. The van der Waals surface area contributed by atoms with Crippen LogP contribution in [0.15, 0.2) is 33.6 Å². The lowest BCUT2D eigenvalue weighted by molar-refractivity contribution is 0.337. The number of halogens is 1. The molecule has 1 aliphatic rings. The molecule has 0 bridgehead atoms. The Labute approximate surface area is 175 Å². The maximum Gasteiger partial charge on any atom is 0.264 e. The molecule has 0 amide bonds. The molecule has 1 aromatic carbocycles. The maximum atomic E-state index is 13.1. The topological polar surface area (TPSA) is 90.0 Å². The van der Waals surface area contributed by atoms with Gasteiger partial charge in [-0.15, -0.1) is 10.2 Å². The van der Waals surface area contributed by atoms with E-state index in [0.717, 1.165) is 12.8 Å². The van der Waals surface area contributed by atoms with Crippen LogP contribution >= 0.6 is 11.6 Å². The minimum atomic E-state index is -3.77. The van der Waals surface area contributed by atoms with E-state index < -0.39 is 10.0 Å². The van der Waals surface area contributed by atoms with E-state index in [1.807, 2.05) is 6.07 Å². The highest BCUT2D eigenvalue weighted by Gasteiger charge is 2.30. The second kappa shape index (κ2) is 7.59. The van der Waals surface area contributed by atoms with E-state index in [0.29, 0.717) is 45.2 Å². The quantitative estimate of drug-likeness (QED) is 0.631. The zero-order valence-electron chi connectivity index (χ0n) is 16.6. The lowest BCUT2D eigenvalue weighted by Crippen LogP contribution is -2.24. The summed E-state index contributed by atoms with van der Waals surface area (Å²) in [5.74, 6) is 1.30. The molecule has 1 N–H and O–H groups in total. The second-order valence-electron chi connectivity index (χ2n) is 7.44. The van der Waals surface area contributed by atoms with Crippen LogP contribution in [-0.4, -0.2) is 23.2 Å². The third-order valence-electron chi connectivity index (χ3n) is 5.64. The van der Waals surface area contributed by atoms with Crippen molar-refractivity contribution in [3.05, 3.63) is 52.0 Å². The summed E-state index contributed by atoms with van der Waals surface area (Å²) in [5.41, 5.74) is 2.53. The molecule has 1 fully saturated rings. The van der Waals surface area contributed by atoms with Crippen LogP contribution in [0, 0.1) is 13.8 Å².